The summed E-state index contributed by atoms with van der Waals surface area (Å²) in [5, 5.41) is 9.19. The van der Waals surface area contributed by atoms with Gasteiger partial charge in [-0.15, -0.1) is 0 Å². The molecule has 0 aliphatic rings. The lowest BCUT2D eigenvalue weighted by molar-refractivity contribution is 0.0624. The van der Waals surface area contributed by atoms with Crippen LogP contribution in [-0.2, 0) is 11.3 Å². The van der Waals surface area contributed by atoms with Crippen LogP contribution in [0.4, 0.5) is 5.69 Å². The number of rotatable bonds is 7. The standard InChI is InChI=1S/C14H22N2O3/c1-10(2)19-8-7-16(3)9-11-5-4-6-12(15)13(11)14(17)18/h4-6,10H,7-9,15H2,1-3H3,(H,17,18). The molecule has 5 heteroatoms. The predicted molar refractivity (Wildman–Crippen MR) is 75.2 cm³/mol. The van der Waals surface area contributed by atoms with Gasteiger partial charge in [0.15, 0.2) is 0 Å². The van der Waals surface area contributed by atoms with E-state index in [-0.39, 0.29) is 11.7 Å². The number of ether oxygens (including phenoxy) is 1. The van der Waals surface area contributed by atoms with Gasteiger partial charge in [0, 0.05) is 18.8 Å². The number of benzene rings is 1. The van der Waals surface area contributed by atoms with Gasteiger partial charge in [0.2, 0.25) is 0 Å². The van der Waals surface area contributed by atoms with Crippen LogP contribution >= 0.6 is 0 Å². The minimum absolute atomic E-state index is 0.194. The highest BCUT2D eigenvalue weighted by Crippen LogP contribution is 2.18. The first-order valence-electron chi connectivity index (χ1n) is 6.32. The number of aromatic carboxylic acids is 1. The molecule has 0 heterocycles. The van der Waals surface area contributed by atoms with Crippen molar-refractivity contribution in [1.29, 1.82) is 0 Å². The van der Waals surface area contributed by atoms with E-state index in [2.05, 4.69) is 0 Å². The molecule has 0 amide bonds. The first-order chi connectivity index (χ1) is 8.91. The summed E-state index contributed by atoms with van der Waals surface area (Å²) in [5.74, 6) is -0.986. The Labute approximate surface area is 114 Å². The molecule has 0 atom stereocenters. The molecule has 0 radical (unpaired) electrons. The third-order valence-corrected chi connectivity index (χ3v) is 2.76. The van der Waals surface area contributed by atoms with Crippen LogP contribution < -0.4 is 5.73 Å². The van der Waals surface area contributed by atoms with Gasteiger partial charge in [0.05, 0.1) is 18.3 Å². The Morgan fingerprint density at radius 1 is 1.47 bits per heavy atom. The first kappa shape index (κ1) is 15.5. The number of carboxylic acid groups (broad SMARTS) is 1. The fraction of sp³-hybridized carbons (Fsp3) is 0.500. The van der Waals surface area contributed by atoms with Crippen molar-refractivity contribution in [2.75, 3.05) is 25.9 Å². The maximum absolute atomic E-state index is 11.2. The number of carboxylic acids is 1. The average Bonchev–Trinajstić information content (AvgIpc) is 2.27. The summed E-state index contributed by atoms with van der Waals surface area (Å²) >= 11 is 0. The number of hydrogen-bond acceptors (Lipinski definition) is 4. The molecule has 0 saturated heterocycles. The summed E-state index contributed by atoms with van der Waals surface area (Å²) in [7, 11) is 1.93. The van der Waals surface area contributed by atoms with Gasteiger partial charge in [-0.3, -0.25) is 4.90 Å². The lowest BCUT2D eigenvalue weighted by Crippen LogP contribution is -2.25. The van der Waals surface area contributed by atoms with Gasteiger partial charge >= 0.3 is 5.97 Å². The third kappa shape index (κ3) is 4.89. The van der Waals surface area contributed by atoms with E-state index in [9.17, 15) is 9.90 Å². The predicted octanol–water partition coefficient (Wildman–Crippen LogP) is 1.82. The van der Waals surface area contributed by atoms with Gasteiger partial charge in [-0.1, -0.05) is 12.1 Å². The highest BCUT2D eigenvalue weighted by Gasteiger charge is 2.14. The van der Waals surface area contributed by atoms with E-state index >= 15 is 0 Å². The SMILES string of the molecule is CC(C)OCCN(C)Cc1cccc(N)c1C(=O)O. The lowest BCUT2D eigenvalue weighted by Gasteiger charge is -2.19. The summed E-state index contributed by atoms with van der Waals surface area (Å²) in [5.41, 5.74) is 6.93. The minimum Gasteiger partial charge on any atom is -0.478 e. The van der Waals surface area contributed by atoms with Crippen LogP contribution in [0.15, 0.2) is 18.2 Å². The molecule has 1 aromatic carbocycles. The Hall–Kier alpha value is -1.59. The van der Waals surface area contributed by atoms with Crippen molar-refractivity contribution in [2.24, 2.45) is 0 Å². The van der Waals surface area contributed by atoms with E-state index in [0.29, 0.717) is 18.8 Å². The number of likely N-dealkylation sites (N-methyl/N-ethyl adjacent to an activating group) is 1. The van der Waals surface area contributed by atoms with Crippen LogP contribution in [0.5, 0.6) is 0 Å². The number of anilines is 1. The molecule has 1 rings (SSSR count). The molecule has 0 spiro atoms. The molecular weight excluding hydrogens is 244 g/mol. The summed E-state index contributed by atoms with van der Waals surface area (Å²) in [6.45, 7) is 5.87. The van der Waals surface area contributed by atoms with E-state index in [1.54, 1.807) is 18.2 Å². The van der Waals surface area contributed by atoms with Gasteiger partial charge in [-0.25, -0.2) is 4.79 Å². The highest BCUT2D eigenvalue weighted by atomic mass is 16.5. The number of hydrogen-bond donors (Lipinski definition) is 2. The summed E-state index contributed by atoms with van der Waals surface area (Å²) in [6, 6.07) is 5.17. The topological polar surface area (TPSA) is 75.8 Å². The molecule has 0 bridgehead atoms. The van der Waals surface area contributed by atoms with Crippen LogP contribution in [0.25, 0.3) is 0 Å². The molecule has 3 N–H and O–H groups in total. The Balaban J connectivity index is 2.66. The zero-order valence-corrected chi connectivity index (χ0v) is 11.7. The van der Waals surface area contributed by atoms with Crippen molar-refractivity contribution in [1.82, 2.24) is 4.90 Å². The second-order valence-electron chi connectivity index (χ2n) is 4.84. The second-order valence-corrected chi connectivity index (χ2v) is 4.84. The summed E-state index contributed by atoms with van der Waals surface area (Å²) < 4.78 is 5.47. The van der Waals surface area contributed by atoms with Gasteiger partial charge in [-0.05, 0) is 32.5 Å². The molecule has 0 aliphatic heterocycles. The van der Waals surface area contributed by atoms with Crippen LogP contribution in [0.1, 0.15) is 29.8 Å². The van der Waals surface area contributed by atoms with E-state index < -0.39 is 5.97 Å². The molecule has 0 unspecified atom stereocenters. The van der Waals surface area contributed by atoms with Crippen molar-refractivity contribution in [3.63, 3.8) is 0 Å². The zero-order valence-electron chi connectivity index (χ0n) is 11.7. The number of nitrogens with two attached hydrogens (primary N) is 1. The quantitative estimate of drug-likeness (QED) is 0.736. The van der Waals surface area contributed by atoms with Crippen molar-refractivity contribution >= 4 is 11.7 Å². The van der Waals surface area contributed by atoms with Crippen LogP contribution in [-0.4, -0.2) is 42.3 Å². The Kier molecular flexibility index (Phi) is 5.79. The fourth-order valence-corrected chi connectivity index (χ4v) is 1.83. The lowest BCUT2D eigenvalue weighted by atomic mass is 10.1. The van der Waals surface area contributed by atoms with E-state index in [1.807, 2.05) is 25.8 Å². The molecule has 0 fully saturated rings. The summed E-state index contributed by atoms with van der Waals surface area (Å²) in [6.07, 6.45) is 0.204. The van der Waals surface area contributed by atoms with Gasteiger partial charge < -0.3 is 15.6 Å². The largest absolute Gasteiger partial charge is 0.478 e. The molecule has 106 valence electrons. The minimum atomic E-state index is -0.986. The van der Waals surface area contributed by atoms with E-state index in [4.69, 9.17) is 10.5 Å². The van der Waals surface area contributed by atoms with Crippen LogP contribution in [0, 0.1) is 0 Å². The molecule has 1 aromatic rings. The Bertz CT molecular complexity index is 433. The fourth-order valence-electron chi connectivity index (χ4n) is 1.83. The van der Waals surface area contributed by atoms with Crippen LogP contribution in [0.2, 0.25) is 0 Å². The molecule has 0 aromatic heterocycles. The molecule has 5 nitrogen and oxygen atoms in total. The maximum atomic E-state index is 11.2. The van der Waals surface area contributed by atoms with Crippen molar-refractivity contribution in [2.45, 2.75) is 26.5 Å². The Morgan fingerprint density at radius 3 is 2.74 bits per heavy atom. The molecule has 19 heavy (non-hydrogen) atoms. The van der Waals surface area contributed by atoms with Gasteiger partial charge in [0.1, 0.15) is 0 Å². The molecule has 0 saturated carbocycles. The molecule has 0 aliphatic carbocycles. The number of nitrogens with zero attached hydrogens (tertiary/aromatic N) is 1. The van der Waals surface area contributed by atoms with Gasteiger partial charge in [-0.2, -0.15) is 0 Å². The first-order valence-corrected chi connectivity index (χ1v) is 6.32. The van der Waals surface area contributed by atoms with E-state index in [0.717, 1.165) is 12.1 Å². The normalized spacial score (nSPS) is 11.2. The zero-order chi connectivity index (χ0) is 14.4. The van der Waals surface area contributed by atoms with E-state index in [1.165, 1.54) is 0 Å². The Morgan fingerprint density at radius 2 is 2.16 bits per heavy atom. The van der Waals surface area contributed by atoms with Crippen molar-refractivity contribution < 1.29 is 14.6 Å². The smallest absolute Gasteiger partial charge is 0.338 e. The monoisotopic (exact) mass is 266 g/mol. The highest BCUT2D eigenvalue weighted by molar-refractivity contribution is 5.95. The second kappa shape index (κ2) is 7.11. The number of nitrogen functional groups attached to an aromatic ring is 1. The summed E-state index contributed by atoms with van der Waals surface area (Å²) in [4.78, 5) is 13.2. The average molecular weight is 266 g/mol. The van der Waals surface area contributed by atoms with Gasteiger partial charge in [0.25, 0.3) is 0 Å². The molecular formula is C14H22N2O3. The van der Waals surface area contributed by atoms with Crippen molar-refractivity contribution in [3.05, 3.63) is 29.3 Å². The third-order valence-electron chi connectivity index (χ3n) is 2.76. The van der Waals surface area contributed by atoms with Crippen molar-refractivity contribution in [3.8, 4) is 0 Å². The van der Waals surface area contributed by atoms with Crippen LogP contribution in [0.3, 0.4) is 0 Å². The number of carbonyl (C=O) groups is 1. The maximum Gasteiger partial charge on any atom is 0.338 e.